The smallest absolute Gasteiger partial charge is 0.292 e. The van der Waals surface area contributed by atoms with E-state index in [2.05, 4.69) is 15.6 Å². The molecule has 0 fully saturated rings. The minimum absolute atomic E-state index is 0.0156. The maximum absolute atomic E-state index is 12.9. The fourth-order valence-corrected chi connectivity index (χ4v) is 3.63. The van der Waals surface area contributed by atoms with Gasteiger partial charge in [-0.15, -0.1) is 0 Å². The molecule has 1 aromatic heterocycles. The Hall–Kier alpha value is -4.77. The van der Waals surface area contributed by atoms with Crippen LogP contribution in [0.15, 0.2) is 70.6 Å². The third kappa shape index (κ3) is 4.14. The average Bonchev–Trinajstić information content (AvgIpc) is 2.86. The molecular formula is C26H21N5O3. The van der Waals surface area contributed by atoms with Gasteiger partial charge < -0.3 is 5.11 Å². The number of aromatic nitrogens is 2. The van der Waals surface area contributed by atoms with E-state index < -0.39 is 11.5 Å². The molecule has 1 heterocycles. The first kappa shape index (κ1) is 22.4. The first-order chi connectivity index (χ1) is 16.4. The molecule has 0 aliphatic heterocycles. The minimum Gasteiger partial charge on any atom is -0.507 e. The van der Waals surface area contributed by atoms with E-state index in [-0.39, 0.29) is 22.6 Å². The van der Waals surface area contributed by atoms with Crippen LogP contribution in [0.1, 0.15) is 39.7 Å². The van der Waals surface area contributed by atoms with E-state index in [1.165, 1.54) is 13.1 Å². The molecule has 0 bridgehead atoms. The summed E-state index contributed by atoms with van der Waals surface area (Å²) in [5.41, 5.74) is 3.63. The maximum atomic E-state index is 12.9. The van der Waals surface area contributed by atoms with Crippen molar-refractivity contribution in [2.45, 2.75) is 20.3 Å². The summed E-state index contributed by atoms with van der Waals surface area (Å²) in [4.78, 5) is 25.7. The Morgan fingerprint density at radius 1 is 1.18 bits per heavy atom. The second-order valence-electron chi connectivity index (χ2n) is 7.62. The molecule has 168 valence electrons. The number of fused-ring (bicyclic) bond motifs is 1. The van der Waals surface area contributed by atoms with Gasteiger partial charge in [-0.05, 0) is 47.9 Å². The number of carbonyl (C=O) groups excluding carboxylic acids is 1. The summed E-state index contributed by atoms with van der Waals surface area (Å²) in [7, 11) is 0. The molecule has 0 radical (unpaired) electrons. The van der Waals surface area contributed by atoms with Crippen LogP contribution in [-0.4, -0.2) is 27.0 Å². The molecule has 0 aliphatic rings. The molecule has 3 aromatic carbocycles. The van der Waals surface area contributed by atoms with Gasteiger partial charge in [-0.2, -0.15) is 20.1 Å². The van der Waals surface area contributed by atoms with Crippen molar-refractivity contribution in [2.75, 3.05) is 0 Å². The number of carbonyl (C=O) groups is 1. The highest BCUT2D eigenvalue weighted by atomic mass is 16.3. The van der Waals surface area contributed by atoms with Crippen molar-refractivity contribution in [3.63, 3.8) is 0 Å². The van der Waals surface area contributed by atoms with Crippen molar-refractivity contribution in [1.29, 1.82) is 5.26 Å². The standard InChI is InChI=1S/C26H21N5O3/c1-3-17-8-11-19(12-9-17)31-26(34)21(14-27)16(2)24(30-31)25(33)29-28-15-22-20-7-5-4-6-18(20)10-13-23(22)32/h4-13,15,32H,3H2,1-2H3,(H,29,33)/b28-15+. The molecule has 0 spiro atoms. The van der Waals surface area contributed by atoms with Crippen molar-refractivity contribution in [1.82, 2.24) is 15.2 Å². The SMILES string of the molecule is CCc1ccc(-n2nc(C(=O)N/N=C/c3c(O)ccc4ccccc34)c(C)c(C#N)c2=O)cc1. The van der Waals surface area contributed by atoms with Crippen LogP contribution < -0.4 is 11.0 Å². The van der Waals surface area contributed by atoms with Crippen LogP contribution in [0.2, 0.25) is 0 Å². The van der Waals surface area contributed by atoms with Crippen molar-refractivity contribution < 1.29 is 9.90 Å². The molecule has 0 saturated carbocycles. The Labute approximate surface area is 195 Å². The molecule has 0 atom stereocenters. The molecule has 8 heteroatoms. The number of phenolic OH excluding ortho intramolecular Hbond substituents is 1. The Balaban J connectivity index is 1.69. The first-order valence-corrected chi connectivity index (χ1v) is 10.6. The zero-order valence-electron chi connectivity index (χ0n) is 18.6. The lowest BCUT2D eigenvalue weighted by Gasteiger charge is -2.11. The number of hydrazone groups is 1. The summed E-state index contributed by atoms with van der Waals surface area (Å²) < 4.78 is 1.04. The number of phenols is 1. The monoisotopic (exact) mass is 451 g/mol. The molecule has 0 unspecified atom stereocenters. The summed E-state index contributed by atoms with van der Waals surface area (Å²) >= 11 is 0. The first-order valence-electron chi connectivity index (χ1n) is 10.6. The van der Waals surface area contributed by atoms with Gasteiger partial charge in [0.05, 0.1) is 11.9 Å². The normalized spacial score (nSPS) is 11.0. The lowest BCUT2D eigenvalue weighted by atomic mass is 10.0. The Kier molecular flexibility index (Phi) is 6.19. The van der Waals surface area contributed by atoms with Gasteiger partial charge in [0.2, 0.25) is 0 Å². The van der Waals surface area contributed by atoms with Gasteiger partial charge >= 0.3 is 0 Å². The number of aromatic hydroxyl groups is 1. The van der Waals surface area contributed by atoms with Gasteiger partial charge in [0, 0.05) is 11.1 Å². The second-order valence-corrected chi connectivity index (χ2v) is 7.62. The number of hydrogen-bond donors (Lipinski definition) is 2. The van der Waals surface area contributed by atoms with Gasteiger partial charge in [-0.25, -0.2) is 5.43 Å². The fourth-order valence-electron chi connectivity index (χ4n) is 3.63. The van der Waals surface area contributed by atoms with Gasteiger partial charge in [0.25, 0.3) is 11.5 Å². The Morgan fingerprint density at radius 3 is 2.62 bits per heavy atom. The molecule has 1 amide bonds. The number of aryl methyl sites for hydroxylation is 1. The van der Waals surface area contributed by atoms with Crippen LogP contribution in [0.25, 0.3) is 16.5 Å². The second kappa shape index (κ2) is 9.38. The third-order valence-corrected chi connectivity index (χ3v) is 5.56. The van der Waals surface area contributed by atoms with E-state index >= 15 is 0 Å². The Morgan fingerprint density at radius 2 is 1.91 bits per heavy atom. The van der Waals surface area contributed by atoms with Gasteiger partial charge in [-0.1, -0.05) is 49.4 Å². The number of nitriles is 1. The minimum atomic E-state index is -0.691. The van der Waals surface area contributed by atoms with Crippen LogP contribution in [0.4, 0.5) is 0 Å². The quantitative estimate of drug-likeness (QED) is 0.355. The van der Waals surface area contributed by atoms with Crippen LogP contribution >= 0.6 is 0 Å². The highest BCUT2D eigenvalue weighted by Gasteiger charge is 2.20. The van der Waals surface area contributed by atoms with Crippen molar-refractivity contribution in [3.8, 4) is 17.5 Å². The molecule has 8 nitrogen and oxygen atoms in total. The summed E-state index contributed by atoms with van der Waals surface area (Å²) in [6, 6.07) is 19.8. The summed E-state index contributed by atoms with van der Waals surface area (Å²) in [5, 5.41) is 29.6. The lowest BCUT2D eigenvalue weighted by molar-refractivity contribution is 0.0947. The van der Waals surface area contributed by atoms with Crippen molar-refractivity contribution in [3.05, 3.63) is 99.0 Å². The topological polar surface area (TPSA) is 120 Å². The largest absolute Gasteiger partial charge is 0.507 e. The van der Waals surface area contributed by atoms with Gasteiger partial charge in [0.1, 0.15) is 17.4 Å². The average molecular weight is 451 g/mol. The zero-order valence-corrected chi connectivity index (χ0v) is 18.6. The number of nitrogens with one attached hydrogen (secondary N) is 1. The predicted molar refractivity (Wildman–Crippen MR) is 129 cm³/mol. The molecule has 0 aliphatic carbocycles. The van der Waals surface area contributed by atoms with Crippen molar-refractivity contribution >= 4 is 22.9 Å². The summed E-state index contributed by atoms with van der Waals surface area (Å²) in [5.74, 6) is -0.675. The van der Waals surface area contributed by atoms with Crippen LogP contribution in [0.3, 0.4) is 0 Å². The van der Waals surface area contributed by atoms with Crippen molar-refractivity contribution in [2.24, 2.45) is 5.10 Å². The molecule has 4 aromatic rings. The molecule has 4 rings (SSSR count). The summed E-state index contributed by atoms with van der Waals surface area (Å²) in [6.07, 6.45) is 2.17. The molecule has 2 N–H and O–H groups in total. The van der Waals surface area contributed by atoms with E-state index in [4.69, 9.17) is 0 Å². The van der Waals surface area contributed by atoms with Crippen LogP contribution in [0, 0.1) is 18.3 Å². The van der Waals surface area contributed by atoms with Gasteiger partial charge in [-0.3, -0.25) is 9.59 Å². The number of rotatable bonds is 5. The highest BCUT2D eigenvalue weighted by Crippen LogP contribution is 2.25. The zero-order chi connectivity index (χ0) is 24.2. The maximum Gasteiger partial charge on any atom is 0.292 e. The highest BCUT2D eigenvalue weighted by molar-refractivity contribution is 6.03. The third-order valence-electron chi connectivity index (χ3n) is 5.56. The van der Waals surface area contributed by atoms with Crippen LogP contribution in [0.5, 0.6) is 5.75 Å². The molecular weight excluding hydrogens is 430 g/mol. The number of nitrogens with zero attached hydrogens (tertiary/aromatic N) is 4. The van der Waals surface area contributed by atoms with E-state index in [9.17, 15) is 20.0 Å². The van der Waals surface area contributed by atoms with E-state index in [1.807, 2.05) is 49.4 Å². The number of benzene rings is 3. The van der Waals surface area contributed by atoms with E-state index in [0.717, 1.165) is 27.4 Å². The molecule has 34 heavy (non-hydrogen) atoms. The van der Waals surface area contributed by atoms with E-state index in [0.29, 0.717) is 11.3 Å². The summed E-state index contributed by atoms with van der Waals surface area (Å²) in [6.45, 7) is 3.51. The van der Waals surface area contributed by atoms with Gasteiger partial charge in [0.15, 0.2) is 5.69 Å². The van der Waals surface area contributed by atoms with Crippen LogP contribution in [-0.2, 0) is 6.42 Å². The number of amides is 1. The molecule has 0 saturated heterocycles. The predicted octanol–water partition coefficient (Wildman–Crippen LogP) is 3.60. The Bertz CT molecular complexity index is 1530. The van der Waals surface area contributed by atoms with E-state index in [1.54, 1.807) is 24.3 Å². The fraction of sp³-hybridized carbons (Fsp3) is 0.115. The lowest BCUT2D eigenvalue weighted by Crippen LogP contribution is -2.31. The number of hydrogen-bond acceptors (Lipinski definition) is 6.